The first kappa shape index (κ1) is 21.9. The van der Waals surface area contributed by atoms with E-state index in [4.69, 9.17) is 14.2 Å². The minimum atomic E-state index is -0.140. The molecule has 30 heavy (non-hydrogen) atoms. The zero-order valence-electron chi connectivity index (χ0n) is 18.2. The first-order valence-corrected chi connectivity index (χ1v) is 10.1. The fourth-order valence-corrected chi connectivity index (χ4v) is 3.61. The van der Waals surface area contributed by atoms with E-state index in [1.54, 1.807) is 32.4 Å². The first-order valence-electron chi connectivity index (χ1n) is 10.1. The number of methoxy groups -OCH3 is 2. The summed E-state index contributed by atoms with van der Waals surface area (Å²) in [6, 6.07) is 13.8. The number of ether oxygens (including phenoxy) is 3. The van der Waals surface area contributed by atoms with Gasteiger partial charge in [-0.05, 0) is 35.9 Å². The molecule has 2 aromatic rings. The van der Waals surface area contributed by atoms with Gasteiger partial charge in [0, 0.05) is 45.0 Å². The maximum absolute atomic E-state index is 12.8. The fraction of sp³-hybridized carbons (Fsp3) is 0.435. The Hall–Kier alpha value is -2.77. The van der Waals surface area contributed by atoms with Crippen LogP contribution >= 0.6 is 0 Å². The number of morpholine rings is 1. The van der Waals surface area contributed by atoms with Crippen molar-refractivity contribution >= 4 is 11.6 Å². The molecule has 0 unspecified atom stereocenters. The Morgan fingerprint density at radius 3 is 2.33 bits per heavy atom. The molecule has 1 N–H and O–H groups in total. The molecule has 0 bridgehead atoms. The van der Waals surface area contributed by atoms with Crippen LogP contribution in [0, 0.1) is 0 Å². The lowest BCUT2D eigenvalue weighted by Crippen LogP contribution is -2.43. The van der Waals surface area contributed by atoms with Crippen LogP contribution in [0.2, 0.25) is 0 Å². The highest BCUT2D eigenvalue weighted by Crippen LogP contribution is 2.28. The Morgan fingerprint density at radius 2 is 1.73 bits per heavy atom. The zero-order chi connectivity index (χ0) is 21.5. The van der Waals surface area contributed by atoms with Gasteiger partial charge in [0.25, 0.3) is 5.91 Å². The van der Waals surface area contributed by atoms with Crippen LogP contribution < -0.4 is 19.7 Å². The lowest BCUT2D eigenvalue weighted by molar-refractivity contribution is 0.0162. The van der Waals surface area contributed by atoms with Crippen LogP contribution in [-0.4, -0.2) is 72.0 Å². The number of carbonyl (C=O) groups is 1. The predicted octanol–water partition coefficient (Wildman–Crippen LogP) is 2.57. The Kier molecular flexibility index (Phi) is 7.54. The highest BCUT2D eigenvalue weighted by molar-refractivity contribution is 5.94. The molecule has 2 aromatic carbocycles. The molecule has 1 aliphatic rings. The van der Waals surface area contributed by atoms with Gasteiger partial charge in [-0.15, -0.1) is 0 Å². The number of carbonyl (C=O) groups excluding carboxylic acids is 1. The molecular weight excluding hydrogens is 382 g/mol. The predicted molar refractivity (Wildman–Crippen MR) is 118 cm³/mol. The van der Waals surface area contributed by atoms with E-state index in [9.17, 15) is 4.79 Å². The summed E-state index contributed by atoms with van der Waals surface area (Å²) in [5.41, 5.74) is 2.86. The number of benzene rings is 2. The third-order valence-electron chi connectivity index (χ3n) is 5.38. The van der Waals surface area contributed by atoms with Crippen molar-refractivity contribution in [1.29, 1.82) is 0 Å². The molecule has 7 nitrogen and oxygen atoms in total. The summed E-state index contributed by atoms with van der Waals surface area (Å²) in [4.78, 5) is 17.3. The molecule has 0 radical (unpaired) electrons. The van der Waals surface area contributed by atoms with E-state index in [-0.39, 0.29) is 11.9 Å². The third kappa shape index (κ3) is 5.23. The molecule has 0 saturated carbocycles. The van der Waals surface area contributed by atoms with Gasteiger partial charge in [0.15, 0.2) is 11.5 Å². The SMILES string of the molecule is COc1ccc(C(=O)NC[C@H](c2ccc(N(C)C)cc2)N2CCOCC2)cc1OC. The highest BCUT2D eigenvalue weighted by atomic mass is 16.5. The second kappa shape index (κ2) is 10.3. The number of nitrogens with zero attached hydrogens (tertiary/aromatic N) is 2. The van der Waals surface area contributed by atoms with Crippen LogP contribution in [0.4, 0.5) is 5.69 Å². The average Bonchev–Trinajstić information content (AvgIpc) is 2.79. The van der Waals surface area contributed by atoms with E-state index in [1.165, 1.54) is 5.56 Å². The summed E-state index contributed by atoms with van der Waals surface area (Å²) in [5, 5.41) is 3.09. The van der Waals surface area contributed by atoms with Crippen LogP contribution in [0.3, 0.4) is 0 Å². The van der Waals surface area contributed by atoms with E-state index in [0.29, 0.717) is 36.8 Å². The van der Waals surface area contributed by atoms with Crippen LogP contribution in [0.1, 0.15) is 22.0 Å². The second-order valence-corrected chi connectivity index (χ2v) is 7.43. The van der Waals surface area contributed by atoms with Gasteiger partial charge in [-0.25, -0.2) is 0 Å². The molecule has 1 amide bonds. The van der Waals surface area contributed by atoms with Crippen molar-refractivity contribution in [3.63, 3.8) is 0 Å². The highest BCUT2D eigenvalue weighted by Gasteiger charge is 2.23. The lowest BCUT2D eigenvalue weighted by Gasteiger charge is -2.35. The monoisotopic (exact) mass is 413 g/mol. The summed E-state index contributed by atoms with van der Waals surface area (Å²) in [6.07, 6.45) is 0. The number of hydrogen-bond donors (Lipinski definition) is 1. The van der Waals surface area contributed by atoms with Crippen molar-refractivity contribution in [3.05, 3.63) is 53.6 Å². The molecule has 1 saturated heterocycles. The molecule has 0 aliphatic carbocycles. The van der Waals surface area contributed by atoms with Gasteiger partial charge in [-0.2, -0.15) is 0 Å². The molecule has 3 rings (SSSR count). The van der Waals surface area contributed by atoms with Gasteiger partial charge in [0.05, 0.1) is 33.5 Å². The standard InChI is InChI=1S/C23H31N3O4/c1-25(2)19-8-5-17(6-9-19)20(26-11-13-30-14-12-26)16-24-23(27)18-7-10-21(28-3)22(15-18)29-4/h5-10,15,20H,11-14,16H2,1-4H3,(H,24,27)/t20-/m1/s1. The molecule has 1 fully saturated rings. The van der Waals surface area contributed by atoms with Crippen molar-refractivity contribution in [3.8, 4) is 11.5 Å². The zero-order valence-corrected chi connectivity index (χ0v) is 18.2. The van der Waals surface area contributed by atoms with Crippen LogP contribution in [0.5, 0.6) is 11.5 Å². The number of anilines is 1. The van der Waals surface area contributed by atoms with Gasteiger partial charge in [0.2, 0.25) is 0 Å². The van der Waals surface area contributed by atoms with Crippen molar-refractivity contribution in [1.82, 2.24) is 10.2 Å². The summed E-state index contributed by atoms with van der Waals surface area (Å²) in [6.45, 7) is 3.60. The molecular formula is C23H31N3O4. The minimum absolute atomic E-state index is 0.0780. The first-order chi connectivity index (χ1) is 14.5. The third-order valence-corrected chi connectivity index (χ3v) is 5.38. The van der Waals surface area contributed by atoms with Gasteiger partial charge in [-0.1, -0.05) is 12.1 Å². The number of nitrogens with one attached hydrogen (secondary N) is 1. The van der Waals surface area contributed by atoms with Crippen LogP contribution in [0.15, 0.2) is 42.5 Å². The van der Waals surface area contributed by atoms with E-state index in [1.807, 2.05) is 14.1 Å². The van der Waals surface area contributed by atoms with E-state index in [0.717, 1.165) is 18.8 Å². The van der Waals surface area contributed by atoms with E-state index < -0.39 is 0 Å². The number of amides is 1. The normalized spacial score (nSPS) is 15.3. The van der Waals surface area contributed by atoms with Crippen molar-refractivity contribution in [2.24, 2.45) is 0 Å². The Bertz CT molecular complexity index is 833. The summed E-state index contributed by atoms with van der Waals surface area (Å²) < 4.78 is 16.1. The second-order valence-electron chi connectivity index (χ2n) is 7.43. The topological polar surface area (TPSA) is 63.3 Å². The van der Waals surface area contributed by atoms with E-state index in [2.05, 4.69) is 39.4 Å². The molecule has 1 heterocycles. The minimum Gasteiger partial charge on any atom is -0.493 e. The molecule has 0 spiro atoms. The smallest absolute Gasteiger partial charge is 0.251 e. The Labute approximate surface area is 178 Å². The van der Waals surface area contributed by atoms with Crippen molar-refractivity contribution in [2.75, 3.05) is 66.1 Å². The van der Waals surface area contributed by atoms with Gasteiger partial charge in [-0.3, -0.25) is 9.69 Å². The van der Waals surface area contributed by atoms with Gasteiger partial charge >= 0.3 is 0 Å². The number of rotatable bonds is 8. The van der Waals surface area contributed by atoms with Gasteiger partial charge in [0.1, 0.15) is 0 Å². The van der Waals surface area contributed by atoms with Crippen molar-refractivity contribution in [2.45, 2.75) is 6.04 Å². The quantitative estimate of drug-likeness (QED) is 0.718. The Morgan fingerprint density at radius 1 is 1.07 bits per heavy atom. The maximum atomic E-state index is 12.8. The molecule has 162 valence electrons. The molecule has 0 aromatic heterocycles. The Balaban J connectivity index is 1.75. The van der Waals surface area contributed by atoms with Gasteiger partial charge < -0.3 is 24.4 Å². The summed E-state index contributed by atoms with van der Waals surface area (Å²) in [7, 11) is 7.19. The van der Waals surface area contributed by atoms with Crippen LogP contribution in [-0.2, 0) is 4.74 Å². The average molecular weight is 414 g/mol. The van der Waals surface area contributed by atoms with Crippen LogP contribution in [0.25, 0.3) is 0 Å². The number of hydrogen-bond acceptors (Lipinski definition) is 6. The summed E-state index contributed by atoms with van der Waals surface area (Å²) in [5.74, 6) is 0.995. The lowest BCUT2D eigenvalue weighted by atomic mass is 10.0. The van der Waals surface area contributed by atoms with E-state index >= 15 is 0 Å². The maximum Gasteiger partial charge on any atom is 0.251 e. The molecule has 1 aliphatic heterocycles. The summed E-state index contributed by atoms with van der Waals surface area (Å²) >= 11 is 0. The largest absolute Gasteiger partial charge is 0.493 e. The molecule has 7 heteroatoms. The fourth-order valence-electron chi connectivity index (χ4n) is 3.61. The molecule has 1 atom stereocenters. The van der Waals surface area contributed by atoms with Crippen molar-refractivity contribution < 1.29 is 19.0 Å².